The summed E-state index contributed by atoms with van der Waals surface area (Å²) in [5, 5.41) is 3.31. The summed E-state index contributed by atoms with van der Waals surface area (Å²) in [5.41, 5.74) is 0. The van der Waals surface area contributed by atoms with Gasteiger partial charge in [-0.25, -0.2) is 0 Å². The molecule has 0 radical (unpaired) electrons. The van der Waals surface area contributed by atoms with Crippen LogP contribution in [0.4, 0.5) is 0 Å². The first kappa shape index (κ1) is 12.2. The number of hydrogen-bond donors (Lipinski definition) is 1. The molecule has 1 aliphatic rings. The molecule has 0 aromatic rings. The van der Waals surface area contributed by atoms with Gasteiger partial charge in [0, 0.05) is 34.9 Å². The van der Waals surface area contributed by atoms with E-state index in [2.05, 4.69) is 19.2 Å². The first-order valence-corrected chi connectivity index (χ1v) is 7.25. The van der Waals surface area contributed by atoms with Crippen molar-refractivity contribution in [1.82, 2.24) is 5.32 Å². The third-order valence-electron chi connectivity index (χ3n) is 2.78. The molecule has 0 saturated heterocycles. The summed E-state index contributed by atoms with van der Waals surface area (Å²) in [6.45, 7) is 5.15. The van der Waals surface area contributed by atoms with E-state index in [-0.39, 0.29) is 0 Å². The lowest BCUT2D eigenvalue weighted by atomic mass is 10.1. The zero-order valence-corrected chi connectivity index (χ0v) is 10.2. The molecular weight excluding hydrogens is 194 g/mol. The van der Waals surface area contributed by atoms with Gasteiger partial charge in [0.2, 0.25) is 0 Å². The molecule has 1 N–H and O–H groups in total. The molecule has 1 aliphatic carbocycles. The van der Waals surface area contributed by atoms with Crippen molar-refractivity contribution in [3.63, 3.8) is 0 Å². The molecule has 1 unspecified atom stereocenters. The zero-order valence-electron chi connectivity index (χ0n) is 9.42. The maximum atomic E-state index is 11.7. The summed E-state index contributed by atoms with van der Waals surface area (Å²) < 4.78 is 11.7. The van der Waals surface area contributed by atoms with Crippen molar-refractivity contribution in [2.75, 3.05) is 18.1 Å². The van der Waals surface area contributed by atoms with E-state index in [9.17, 15) is 4.21 Å². The zero-order chi connectivity index (χ0) is 10.4. The van der Waals surface area contributed by atoms with Gasteiger partial charge in [-0.1, -0.05) is 26.7 Å². The van der Waals surface area contributed by atoms with E-state index < -0.39 is 10.8 Å². The topological polar surface area (TPSA) is 29.1 Å². The molecule has 84 valence electrons. The smallest absolute Gasteiger partial charge is 0.0360 e. The van der Waals surface area contributed by atoms with Gasteiger partial charge in [0.15, 0.2) is 0 Å². The van der Waals surface area contributed by atoms with Crippen molar-refractivity contribution in [2.24, 2.45) is 5.92 Å². The Morgan fingerprint density at radius 2 is 2.00 bits per heavy atom. The summed E-state index contributed by atoms with van der Waals surface area (Å²) in [7, 11) is -0.589. The van der Waals surface area contributed by atoms with Crippen LogP contribution in [0.3, 0.4) is 0 Å². The van der Waals surface area contributed by atoms with E-state index in [4.69, 9.17) is 0 Å². The van der Waals surface area contributed by atoms with Gasteiger partial charge in [0.25, 0.3) is 0 Å². The second kappa shape index (κ2) is 6.57. The van der Waals surface area contributed by atoms with E-state index in [0.29, 0.717) is 6.04 Å². The van der Waals surface area contributed by atoms with Crippen LogP contribution < -0.4 is 5.32 Å². The predicted molar refractivity (Wildman–Crippen MR) is 63.0 cm³/mol. The summed E-state index contributed by atoms with van der Waals surface area (Å²) in [5.74, 6) is 2.53. The van der Waals surface area contributed by atoms with Gasteiger partial charge in [-0.15, -0.1) is 0 Å². The highest BCUT2D eigenvalue weighted by Gasteiger charge is 2.17. The third-order valence-corrected chi connectivity index (χ3v) is 4.28. The van der Waals surface area contributed by atoms with Crippen LogP contribution in [-0.4, -0.2) is 28.3 Å². The molecule has 0 amide bonds. The minimum Gasteiger partial charge on any atom is -0.314 e. The molecule has 2 nitrogen and oxygen atoms in total. The molecule has 1 atom stereocenters. The molecule has 0 heterocycles. The summed E-state index contributed by atoms with van der Waals surface area (Å²) in [6.07, 6.45) is 5.32. The second-order valence-electron chi connectivity index (χ2n) is 4.57. The monoisotopic (exact) mass is 217 g/mol. The highest BCUT2D eigenvalue weighted by molar-refractivity contribution is 7.85. The van der Waals surface area contributed by atoms with Crippen LogP contribution in [0.1, 0.15) is 39.5 Å². The molecule has 14 heavy (non-hydrogen) atoms. The Morgan fingerprint density at radius 3 is 2.57 bits per heavy atom. The fraction of sp³-hybridized carbons (Fsp3) is 1.00. The fourth-order valence-electron chi connectivity index (χ4n) is 1.98. The van der Waals surface area contributed by atoms with Gasteiger partial charge >= 0.3 is 0 Å². The number of hydrogen-bond acceptors (Lipinski definition) is 2. The van der Waals surface area contributed by atoms with Crippen molar-refractivity contribution < 1.29 is 4.21 Å². The van der Waals surface area contributed by atoms with Gasteiger partial charge in [-0.3, -0.25) is 4.21 Å². The Balaban J connectivity index is 2.03. The Kier molecular flexibility index (Phi) is 5.71. The third kappa shape index (κ3) is 5.11. The van der Waals surface area contributed by atoms with Crippen LogP contribution in [0.15, 0.2) is 0 Å². The SMILES string of the molecule is CC(C)NCCS(=O)CC1CCCC1. The number of nitrogens with one attached hydrogen (secondary N) is 1. The largest absolute Gasteiger partial charge is 0.314 e. The highest BCUT2D eigenvalue weighted by atomic mass is 32.2. The van der Waals surface area contributed by atoms with E-state index in [0.717, 1.165) is 24.0 Å². The van der Waals surface area contributed by atoms with E-state index in [1.807, 2.05) is 0 Å². The van der Waals surface area contributed by atoms with Gasteiger partial charge in [0.1, 0.15) is 0 Å². The van der Waals surface area contributed by atoms with Crippen molar-refractivity contribution in [3.8, 4) is 0 Å². The lowest BCUT2D eigenvalue weighted by molar-refractivity contribution is 0.593. The lowest BCUT2D eigenvalue weighted by Crippen LogP contribution is -2.28. The molecular formula is C11H23NOS. The van der Waals surface area contributed by atoms with Crippen molar-refractivity contribution in [1.29, 1.82) is 0 Å². The molecule has 0 aliphatic heterocycles. The first-order chi connectivity index (χ1) is 6.68. The van der Waals surface area contributed by atoms with Crippen molar-refractivity contribution >= 4 is 10.8 Å². The van der Waals surface area contributed by atoms with E-state index in [1.54, 1.807) is 0 Å². The minimum absolute atomic E-state index is 0.512. The molecule has 3 heteroatoms. The maximum Gasteiger partial charge on any atom is 0.0360 e. The highest BCUT2D eigenvalue weighted by Crippen LogP contribution is 2.25. The standard InChI is InChI=1S/C11H23NOS/c1-10(2)12-7-8-14(13)9-11-5-3-4-6-11/h10-12H,3-9H2,1-2H3. The Bertz CT molecular complexity index is 176. The van der Waals surface area contributed by atoms with Crippen LogP contribution in [-0.2, 0) is 10.8 Å². The summed E-state index contributed by atoms with van der Waals surface area (Å²) >= 11 is 0. The normalized spacial score (nSPS) is 20.5. The molecule has 0 bridgehead atoms. The van der Waals surface area contributed by atoms with Crippen LogP contribution in [0.25, 0.3) is 0 Å². The predicted octanol–water partition coefficient (Wildman–Crippen LogP) is 1.92. The van der Waals surface area contributed by atoms with Crippen LogP contribution in [0.5, 0.6) is 0 Å². The molecule has 0 spiro atoms. The van der Waals surface area contributed by atoms with Gasteiger partial charge < -0.3 is 5.32 Å². The van der Waals surface area contributed by atoms with Crippen LogP contribution in [0.2, 0.25) is 0 Å². The van der Waals surface area contributed by atoms with Gasteiger partial charge in [0.05, 0.1) is 0 Å². The summed E-state index contributed by atoms with van der Waals surface area (Å²) in [4.78, 5) is 0. The average Bonchev–Trinajstić information content (AvgIpc) is 2.56. The average molecular weight is 217 g/mol. The Labute approximate surface area is 90.3 Å². The first-order valence-electron chi connectivity index (χ1n) is 5.77. The van der Waals surface area contributed by atoms with E-state index in [1.165, 1.54) is 25.7 Å². The Morgan fingerprint density at radius 1 is 1.36 bits per heavy atom. The number of rotatable bonds is 6. The van der Waals surface area contributed by atoms with E-state index >= 15 is 0 Å². The van der Waals surface area contributed by atoms with Crippen LogP contribution in [0, 0.1) is 5.92 Å². The molecule has 0 aromatic heterocycles. The van der Waals surface area contributed by atoms with Crippen molar-refractivity contribution in [2.45, 2.75) is 45.6 Å². The molecule has 1 rings (SSSR count). The minimum atomic E-state index is -0.589. The lowest BCUT2D eigenvalue weighted by Gasteiger charge is -2.10. The molecule has 0 aromatic carbocycles. The summed E-state index contributed by atoms with van der Waals surface area (Å²) in [6, 6.07) is 0.512. The molecule has 1 fully saturated rings. The van der Waals surface area contributed by atoms with Gasteiger partial charge in [-0.2, -0.15) is 0 Å². The van der Waals surface area contributed by atoms with Crippen LogP contribution >= 0.6 is 0 Å². The van der Waals surface area contributed by atoms with Crippen molar-refractivity contribution in [3.05, 3.63) is 0 Å². The Hall–Kier alpha value is 0.110. The molecule has 1 saturated carbocycles. The second-order valence-corrected chi connectivity index (χ2v) is 6.19. The van der Waals surface area contributed by atoms with Gasteiger partial charge in [-0.05, 0) is 18.8 Å². The fourth-order valence-corrected chi connectivity index (χ4v) is 3.36. The quantitative estimate of drug-likeness (QED) is 0.736. The maximum absolute atomic E-state index is 11.7.